The lowest BCUT2D eigenvalue weighted by Gasteiger charge is -2.04. The smallest absolute Gasteiger partial charge is 0.358 e. The minimum Gasteiger partial charge on any atom is -0.476 e. The van der Waals surface area contributed by atoms with Gasteiger partial charge in [0.25, 0.3) is 0 Å². The van der Waals surface area contributed by atoms with Crippen molar-refractivity contribution in [2.75, 3.05) is 13.2 Å². The van der Waals surface area contributed by atoms with Gasteiger partial charge in [0.05, 0.1) is 13.2 Å². The molecule has 0 fully saturated rings. The molecule has 9 heteroatoms. The van der Waals surface area contributed by atoms with E-state index in [4.69, 9.17) is 33.0 Å². The number of ether oxygens (including phenoxy) is 1. The van der Waals surface area contributed by atoms with Crippen molar-refractivity contribution >= 4 is 40.2 Å². The molecule has 0 atom stereocenters. The van der Waals surface area contributed by atoms with E-state index in [1.807, 2.05) is 6.92 Å². The van der Waals surface area contributed by atoms with Crippen LogP contribution < -0.4 is 0 Å². The number of fused-ring (bicyclic) bond motifs is 1. The molecule has 0 aliphatic carbocycles. The lowest BCUT2D eigenvalue weighted by Crippen LogP contribution is -2.08. The fourth-order valence-corrected chi connectivity index (χ4v) is 2.09. The van der Waals surface area contributed by atoms with Crippen molar-refractivity contribution in [2.24, 2.45) is 0 Å². The minimum atomic E-state index is -1.20. The highest BCUT2D eigenvalue weighted by Crippen LogP contribution is 2.24. The summed E-state index contributed by atoms with van der Waals surface area (Å²) in [5.41, 5.74) is 0.245. The number of halogens is 2. The van der Waals surface area contributed by atoms with Crippen molar-refractivity contribution in [1.29, 1.82) is 0 Å². The Morgan fingerprint density at radius 3 is 2.79 bits per heavy atom. The Balaban J connectivity index is 2.55. The Morgan fingerprint density at radius 2 is 2.16 bits per heavy atom. The van der Waals surface area contributed by atoms with E-state index < -0.39 is 5.97 Å². The summed E-state index contributed by atoms with van der Waals surface area (Å²) >= 11 is 11.6. The molecule has 7 nitrogen and oxygen atoms in total. The van der Waals surface area contributed by atoms with E-state index in [0.717, 1.165) is 0 Å². The van der Waals surface area contributed by atoms with Crippen LogP contribution >= 0.6 is 23.2 Å². The number of hydrogen-bond acceptors (Lipinski definition) is 5. The van der Waals surface area contributed by atoms with Gasteiger partial charge in [0.1, 0.15) is 11.0 Å². The van der Waals surface area contributed by atoms with Crippen LogP contribution in [0, 0.1) is 0 Å². The Hall–Kier alpha value is -1.44. The predicted octanol–water partition coefficient (Wildman–Crippen LogP) is 1.87. The summed E-state index contributed by atoms with van der Waals surface area (Å²) in [5, 5.41) is 13.0. The zero-order valence-corrected chi connectivity index (χ0v) is 11.4. The number of hydrogen-bond donors (Lipinski definition) is 1. The predicted molar refractivity (Wildman–Crippen MR) is 68.8 cm³/mol. The van der Waals surface area contributed by atoms with Gasteiger partial charge >= 0.3 is 5.97 Å². The van der Waals surface area contributed by atoms with Crippen LogP contribution in [0.25, 0.3) is 11.0 Å². The van der Waals surface area contributed by atoms with Gasteiger partial charge in [0.15, 0.2) is 10.8 Å². The molecule has 0 saturated carbocycles. The Labute approximate surface area is 118 Å². The number of carbonyl (C=O) groups is 1. The Morgan fingerprint density at radius 1 is 1.42 bits per heavy atom. The zero-order chi connectivity index (χ0) is 14.0. The third-order valence-corrected chi connectivity index (χ3v) is 2.80. The van der Waals surface area contributed by atoms with Gasteiger partial charge < -0.3 is 9.84 Å². The first-order chi connectivity index (χ1) is 9.04. The maximum Gasteiger partial charge on any atom is 0.358 e. The molecule has 0 unspecified atom stereocenters. The molecule has 0 spiro atoms. The maximum absolute atomic E-state index is 11.1. The molecule has 0 bridgehead atoms. The number of carboxylic acid groups (broad SMARTS) is 1. The monoisotopic (exact) mass is 304 g/mol. The van der Waals surface area contributed by atoms with Crippen LogP contribution in [0.4, 0.5) is 0 Å². The molecule has 1 N–H and O–H groups in total. The highest BCUT2D eigenvalue weighted by Gasteiger charge is 2.21. The van der Waals surface area contributed by atoms with Gasteiger partial charge in [-0.3, -0.25) is 4.68 Å². The van der Waals surface area contributed by atoms with Crippen molar-refractivity contribution in [2.45, 2.75) is 13.5 Å². The second kappa shape index (κ2) is 5.68. The van der Waals surface area contributed by atoms with Gasteiger partial charge in [0.2, 0.25) is 5.28 Å². The normalized spacial score (nSPS) is 11.1. The van der Waals surface area contributed by atoms with Gasteiger partial charge in [-0.05, 0) is 18.5 Å². The van der Waals surface area contributed by atoms with Crippen molar-refractivity contribution in [3.8, 4) is 0 Å². The van der Waals surface area contributed by atoms with Crippen molar-refractivity contribution < 1.29 is 14.6 Å². The molecule has 0 aliphatic rings. The number of carboxylic acids is 1. The van der Waals surface area contributed by atoms with Crippen LogP contribution in [-0.4, -0.2) is 44.0 Å². The number of aromatic nitrogens is 4. The Kier molecular flexibility index (Phi) is 4.18. The van der Waals surface area contributed by atoms with Gasteiger partial charge in [-0.25, -0.2) is 14.8 Å². The summed E-state index contributed by atoms with van der Waals surface area (Å²) in [6.45, 7) is 3.15. The lowest BCUT2D eigenvalue weighted by atomic mass is 10.3. The molecule has 2 aromatic rings. The molecule has 2 rings (SSSR count). The van der Waals surface area contributed by atoms with Crippen molar-refractivity contribution in [1.82, 2.24) is 19.7 Å². The third-order valence-electron chi connectivity index (χ3n) is 2.37. The van der Waals surface area contributed by atoms with Crippen LogP contribution in [-0.2, 0) is 11.3 Å². The van der Waals surface area contributed by atoms with E-state index in [1.54, 1.807) is 0 Å². The van der Waals surface area contributed by atoms with E-state index in [-0.39, 0.29) is 21.6 Å². The molecule has 0 saturated heterocycles. The van der Waals surface area contributed by atoms with Crippen molar-refractivity contribution in [3.63, 3.8) is 0 Å². The second-order valence-electron chi connectivity index (χ2n) is 3.55. The standard InChI is InChI=1S/C10H10Cl2N4O3/c1-2-19-4-3-16-7-5(6(15-16)9(17)18)13-10(12)14-8(7)11/h2-4H2,1H3,(H,17,18). The van der Waals surface area contributed by atoms with Gasteiger partial charge in [0, 0.05) is 6.61 Å². The van der Waals surface area contributed by atoms with E-state index in [2.05, 4.69) is 15.1 Å². The maximum atomic E-state index is 11.1. The van der Waals surface area contributed by atoms with E-state index in [9.17, 15) is 4.79 Å². The molecule has 2 heterocycles. The van der Waals surface area contributed by atoms with Crippen LogP contribution in [0.15, 0.2) is 0 Å². The topological polar surface area (TPSA) is 90.1 Å². The summed E-state index contributed by atoms with van der Waals surface area (Å²) in [6.07, 6.45) is 0. The van der Waals surface area contributed by atoms with Crippen LogP contribution in [0.3, 0.4) is 0 Å². The van der Waals surface area contributed by atoms with Gasteiger partial charge in [-0.2, -0.15) is 5.10 Å². The van der Waals surface area contributed by atoms with E-state index >= 15 is 0 Å². The first-order valence-electron chi connectivity index (χ1n) is 5.45. The summed E-state index contributed by atoms with van der Waals surface area (Å²) in [5.74, 6) is -1.20. The summed E-state index contributed by atoms with van der Waals surface area (Å²) in [6, 6.07) is 0. The highest BCUT2D eigenvalue weighted by atomic mass is 35.5. The van der Waals surface area contributed by atoms with Gasteiger partial charge in [-0.1, -0.05) is 11.6 Å². The van der Waals surface area contributed by atoms with E-state index in [1.165, 1.54) is 4.68 Å². The average Bonchev–Trinajstić information content (AvgIpc) is 2.68. The fraction of sp³-hybridized carbons (Fsp3) is 0.400. The molecular formula is C10H10Cl2N4O3. The largest absolute Gasteiger partial charge is 0.476 e. The van der Waals surface area contributed by atoms with Crippen LogP contribution in [0.5, 0.6) is 0 Å². The first-order valence-corrected chi connectivity index (χ1v) is 6.20. The Bertz CT molecular complexity index is 629. The van der Waals surface area contributed by atoms with Gasteiger partial charge in [-0.15, -0.1) is 0 Å². The molecule has 0 amide bonds. The number of aromatic carboxylic acids is 1. The molecule has 0 radical (unpaired) electrons. The summed E-state index contributed by atoms with van der Waals surface area (Å²) < 4.78 is 6.61. The minimum absolute atomic E-state index is 0.0616. The molecule has 2 aromatic heterocycles. The average molecular weight is 305 g/mol. The second-order valence-corrected chi connectivity index (χ2v) is 4.25. The zero-order valence-electron chi connectivity index (χ0n) is 9.93. The molecule has 102 valence electrons. The number of nitrogens with zero attached hydrogens (tertiary/aromatic N) is 4. The first kappa shape index (κ1) is 14.0. The number of rotatable bonds is 5. The lowest BCUT2D eigenvalue weighted by molar-refractivity contribution is 0.0690. The summed E-state index contributed by atoms with van der Waals surface area (Å²) in [7, 11) is 0. The molecule has 19 heavy (non-hydrogen) atoms. The fourth-order valence-electron chi connectivity index (χ4n) is 1.61. The van der Waals surface area contributed by atoms with E-state index in [0.29, 0.717) is 25.3 Å². The van der Waals surface area contributed by atoms with Crippen LogP contribution in [0.2, 0.25) is 10.4 Å². The quantitative estimate of drug-likeness (QED) is 0.515. The molecule has 0 aromatic carbocycles. The SMILES string of the molecule is CCOCCn1nc(C(=O)O)c2nc(Cl)nc(Cl)c21. The molecular weight excluding hydrogens is 295 g/mol. The highest BCUT2D eigenvalue weighted by molar-refractivity contribution is 6.35. The van der Waals surface area contributed by atoms with Crippen molar-refractivity contribution in [3.05, 3.63) is 16.1 Å². The van der Waals surface area contributed by atoms with Crippen LogP contribution in [0.1, 0.15) is 17.4 Å². The summed E-state index contributed by atoms with van der Waals surface area (Å²) in [4.78, 5) is 18.8. The molecule has 0 aliphatic heterocycles. The third kappa shape index (κ3) is 2.78.